The molecular weight excluding hydrogens is 583 g/mol. The number of nitriles is 1. The third-order valence-corrected chi connectivity index (χ3v) is 10.5. The maximum atomic E-state index is 9.77. The van der Waals surface area contributed by atoms with E-state index in [1.807, 2.05) is 12.1 Å². The molecule has 1 heterocycles. The van der Waals surface area contributed by atoms with E-state index in [4.69, 9.17) is 9.97 Å². The minimum Gasteiger partial charge on any atom is -0.228 e. The van der Waals surface area contributed by atoms with Crippen LogP contribution in [0.25, 0.3) is 66.9 Å². The molecular formula is C45H33N3. The van der Waals surface area contributed by atoms with E-state index in [1.165, 1.54) is 57.9 Å². The molecule has 0 aliphatic heterocycles. The van der Waals surface area contributed by atoms with Crippen LogP contribution in [0, 0.1) is 11.3 Å². The van der Waals surface area contributed by atoms with Crippen molar-refractivity contribution in [1.82, 2.24) is 9.97 Å². The number of hydrogen-bond acceptors (Lipinski definition) is 3. The summed E-state index contributed by atoms with van der Waals surface area (Å²) in [6.07, 6.45) is 5.92. The van der Waals surface area contributed by atoms with Gasteiger partial charge in [0.1, 0.15) is 0 Å². The van der Waals surface area contributed by atoms with Crippen LogP contribution in [0.4, 0.5) is 0 Å². The van der Waals surface area contributed by atoms with Crippen LogP contribution < -0.4 is 0 Å². The SMILES string of the molecule is N#Cc1ccc2c(c1)C1(CCCCC1)c1cc(-c3ccccc3-c3cc(-c4ccccc4)nc(-c4ccc5ccccc5c4)n3)ccc1-2. The Balaban J connectivity index is 1.21. The Morgan fingerprint density at radius 1 is 0.479 bits per heavy atom. The summed E-state index contributed by atoms with van der Waals surface area (Å²) in [4.78, 5) is 10.4. The van der Waals surface area contributed by atoms with Gasteiger partial charge in [0.2, 0.25) is 0 Å². The van der Waals surface area contributed by atoms with Gasteiger partial charge in [-0.2, -0.15) is 5.26 Å². The standard InChI is InChI=1S/C45H33N3/c46-29-30-17-21-37-38-22-20-34(27-41(38)45(40(37)25-30)23-9-2-10-24-45)36-15-7-8-16-39(36)43-28-42(32-12-3-1-4-13-32)47-44(48-43)35-19-18-31-11-5-6-14-33(31)26-35/h1,3-8,11-22,25-28H,2,9-10,23-24H2. The number of benzene rings is 6. The van der Waals surface area contributed by atoms with Crippen molar-refractivity contribution < 1.29 is 0 Å². The van der Waals surface area contributed by atoms with Gasteiger partial charge < -0.3 is 0 Å². The summed E-state index contributed by atoms with van der Waals surface area (Å²) < 4.78 is 0. The summed E-state index contributed by atoms with van der Waals surface area (Å²) in [6.45, 7) is 0. The van der Waals surface area contributed by atoms with Crippen molar-refractivity contribution in [2.75, 3.05) is 0 Å². The first-order valence-corrected chi connectivity index (χ1v) is 16.9. The smallest absolute Gasteiger partial charge is 0.160 e. The normalized spacial score (nSPS) is 14.4. The summed E-state index contributed by atoms with van der Waals surface area (Å²) in [5.74, 6) is 0.714. The zero-order valence-corrected chi connectivity index (χ0v) is 26.7. The van der Waals surface area contributed by atoms with Crippen molar-refractivity contribution >= 4 is 10.8 Å². The fourth-order valence-corrected chi connectivity index (χ4v) is 8.18. The lowest BCUT2D eigenvalue weighted by Gasteiger charge is -2.36. The number of hydrogen-bond donors (Lipinski definition) is 0. The van der Waals surface area contributed by atoms with Crippen molar-refractivity contribution in [3.8, 4) is 62.2 Å². The Bertz CT molecular complexity index is 2390. The molecule has 48 heavy (non-hydrogen) atoms. The van der Waals surface area contributed by atoms with Crippen LogP contribution in [0.1, 0.15) is 48.8 Å². The molecule has 2 aliphatic carbocycles. The maximum Gasteiger partial charge on any atom is 0.160 e. The van der Waals surface area contributed by atoms with Gasteiger partial charge >= 0.3 is 0 Å². The quantitative estimate of drug-likeness (QED) is 0.198. The molecule has 228 valence electrons. The first-order valence-electron chi connectivity index (χ1n) is 16.9. The van der Waals surface area contributed by atoms with Crippen molar-refractivity contribution in [3.05, 3.63) is 156 Å². The van der Waals surface area contributed by atoms with Gasteiger partial charge in [0, 0.05) is 22.1 Å². The first kappa shape index (κ1) is 28.4. The van der Waals surface area contributed by atoms with E-state index in [2.05, 4.69) is 133 Å². The Morgan fingerprint density at radius 2 is 1.15 bits per heavy atom. The van der Waals surface area contributed by atoms with Crippen LogP contribution in [0.5, 0.6) is 0 Å². The van der Waals surface area contributed by atoms with E-state index < -0.39 is 0 Å². The van der Waals surface area contributed by atoms with E-state index >= 15 is 0 Å². The van der Waals surface area contributed by atoms with E-state index in [1.54, 1.807) is 0 Å². The number of aromatic nitrogens is 2. The highest BCUT2D eigenvalue weighted by atomic mass is 14.9. The topological polar surface area (TPSA) is 49.6 Å². The fraction of sp³-hybridized carbons (Fsp3) is 0.133. The molecule has 0 amide bonds. The monoisotopic (exact) mass is 615 g/mol. The molecule has 3 nitrogen and oxygen atoms in total. The molecule has 0 unspecified atom stereocenters. The Labute approximate surface area is 281 Å². The predicted molar refractivity (Wildman–Crippen MR) is 195 cm³/mol. The lowest BCUT2D eigenvalue weighted by atomic mass is 9.67. The summed E-state index contributed by atoms with van der Waals surface area (Å²) in [7, 11) is 0. The molecule has 9 rings (SSSR count). The van der Waals surface area contributed by atoms with Gasteiger partial charge in [-0.05, 0) is 87.3 Å². The average molecular weight is 616 g/mol. The lowest BCUT2D eigenvalue weighted by molar-refractivity contribution is 0.353. The molecule has 3 heteroatoms. The maximum absolute atomic E-state index is 9.77. The first-order chi connectivity index (χ1) is 23.7. The lowest BCUT2D eigenvalue weighted by Crippen LogP contribution is -2.28. The van der Waals surface area contributed by atoms with E-state index in [-0.39, 0.29) is 5.41 Å². The average Bonchev–Trinajstić information content (AvgIpc) is 3.42. The Hall–Kier alpha value is -5.85. The molecule has 1 aromatic heterocycles. The molecule has 7 aromatic rings. The van der Waals surface area contributed by atoms with Crippen LogP contribution in [-0.2, 0) is 5.41 Å². The largest absolute Gasteiger partial charge is 0.228 e. The van der Waals surface area contributed by atoms with E-state index in [0.717, 1.165) is 52.0 Å². The van der Waals surface area contributed by atoms with Gasteiger partial charge in [-0.3, -0.25) is 0 Å². The Kier molecular flexibility index (Phi) is 6.76. The molecule has 0 radical (unpaired) electrons. The van der Waals surface area contributed by atoms with Crippen LogP contribution in [0.2, 0.25) is 0 Å². The molecule has 2 aliphatic rings. The number of rotatable bonds is 4. The van der Waals surface area contributed by atoms with Crippen molar-refractivity contribution in [2.24, 2.45) is 0 Å². The molecule has 1 fully saturated rings. The highest BCUT2D eigenvalue weighted by molar-refractivity contribution is 5.90. The van der Waals surface area contributed by atoms with Gasteiger partial charge in [0.15, 0.2) is 5.82 Å². The van der Waals surface area contributed by atoms with Gasteiger partial charge in [-0.1, -0.05) is 128 Å². The van der Waals surface area contributed by atoms with Crippen LogP contribution in [-0.4, -0.2) is 9.97 Å². The third-order valence-electron chi connectivity index (χ3n) is 10.5. The second-order valence-corrected chi connectivity index (χ2v) is 13.2. The summed E-state index contributed by atoms with van der Waals surface area (Å²) >= 11 is 0. The molecule has 0 atom stereocenters. The number of nitrogens with zero attached hydrogens (tertiary/aromatic N) is 3. The zero-order chi connectivity index (χ0) is 32.1. The highest BCUT2D eigenvalue weighted by Crippen LogP contribution is 2.56. The van der Waals surface area contributed by atoms with Gasteiger partial charge in [0.05, 0.1) is 23.0 Å². The molecule has 1 spiro atoms. The molecule has 1 saturated carbocycles. The van der Waals surface area contributed by atoms with E-state index in [0.29, 0.717) is 5.82 Å². The van der Waals surface area contributed by atoms with Crippen molar-refractivity contribution in [1.29, 1.82) is 5.26 Å². The zero-order valence-electron chi connectivity index (χ0n) is 26.7. The third kappa shape index (κ3) is 4.64. The van der Waals surface area contributed by atoms with Crippen LogP contribution in [0.3, 0.4) is 0 Å². The molecule has 0 bridgehead atoms. The van der Waals surface area contributed by atoms with Gasteiger partial charge in [-0.25, -0.2) is 9.97 Å². The van der Waals surface area contributed by atoms with Crippen LogP contribution >= 0.6 is 0 Å². The molecule has 0 saturated heterocycles. The van der Waals surface area contributed by atoms with Crippen LogP contribution in [0.15, 0.2) is 140 Å². The van der Waals surface area contributed by atoms with Crippen molar-refractivity contribution in [2.45, 2.75) is 37.5 Å². The van der Waals surface area contributed by atoms with Gasteiger partial charge in [0.25, 0.3) is 0 Å². The second-order valence-electron chi connectivity index (χ2n) is 13.2. The summed E-state index contributed by atoms with van der Waals surface area (Å²) in [5.41, 5.74) is 13.3. The fourth-order valence-electron chi connectivity index (χ4n) is 8.18. The summed E-state index contributed by atoms with van der Waals surface area (Å²) in [6, 6.07) is 51.8. The van der Waals surface area contributed by atoms with Gasteiger partial charge in [-0.15, -0.1) is 0 Å². The Morgan fingerprint density at radius 3 is 1.96 bits per heavy atom. The van der Waals surface area contributed by atoms with Crippen molar-refractivity contribution in [3.63, 3.8) is 0 Å². The minimum absolute atomic E-state index is 0.0423. The van der Waals surface area contributed by atoms with E-state index in [9.17, 15) is 5.26 Å². The molecule has 0 N–H and O–H groups in total. The second kappa shape index (κ2) is 11.4. The molecule has 6 aromatic carbocycles. The minimum atomic E-state index is -0.0423. The number of fused-ring (bicyclic) bond motifs is 6. The summed E-state index contributed by atoms with van der Waals surface area (Å²) in [5, 5.41) is 12.1. The predicted octanol–water partition coefficient (Wildman–Crippen LogP) is 11.4. The highest BCUT2D eigenvalue weighted by Gasteiger charge is 2.44.